The summed E-state index contributed by atoms with van der Waals surface area (Å²) in [6.07, 6.45) is 0.0345. The topological polar surface area (TPSA) is 110 Å². The number of rotatable bonds is 3. The predicted octanol–water partition coefficient (Wildman–Crippen LogP) is 2.78. The van der Waals surface area contributed by atoms with Gasteiger partial charge in [-0.15, -0.1) is 0 Å². The van der Waals surface area contributed by atoms with Gasteiger partial charge in [0.2, 0.25) is 29.1 Å². The average molecular weight is 366 g/mol. The van der Waals surface area contributed by atoms with Crippen LogP contribution in [0, 0.1) is 0 Å². The van der Waals surface area contributed by atoms with Crippen molar-refractivity contribution in [2.45, 2.75) is 19.8 Å². The van der Waals surface area contributed by atoms with E-state index >= 15 is 0 Å². The molecule has 3 aromatic rings. The molecule has 1 saturated heterocycles. The van der Waals surface area contributed by atoms with Crippen molar-refractivity contribution in [3.8, 4) is 23.0 Å². The zero-order valence-corrected chi connectivity index (χ0v) is 14.3. The van der Waals surface area contributed by atoms with Crippen LogP contribution in [0.1, 0.15) is 19.8 Å². The number of carbonyl (C=O) groups excluding carboxylic acids is 3. The number of para-hydroxylation sites is 1. The van der Waals surface area contributed by atoms with Gasteiger partial charge < -0.3 is 14.3 Å². The van der Waals surface area contributed by atoms with Gasteiger partial charge in [0.05, 0.1) is 5.52 Å². The Morgan fingerprint density at radius 3 is 2.56 bits per heavy atom. The van der Waals surface area contributed by atoms with Crippen molar-refractivity contribution >= 4 is 34.6 Å². The second-order valence-corrected chi connectivity index (χ2v) is 6.02. The quantitative estimate of drug-likeness (QED) is 0.560. The van der Waals surface area contributed by atoms with Crippen LogP contribution in [0.15, 0.2) is 40.8 Å². The van der Waals surface area contributed by atoms with E-state index in [0.717, 1.165) is 17.2 Å². The van der Waals surface area contributed by atoms with Gasteiger partial charge in [-0.3, -0.25) is 14.4 Å². The van der Waals surface area contributed by atoms with Gasteiger partial charge in [0.1, 0.15) is 5.69 Å². The molecule has 0 saturated carbocycles. The summed E-state index contributed by atoms with van der Waals surface area (Å²) in [5.41, 5.74) is 0.930. The first kappa shape index (κ1) is 16.8. The van der Waals surface area contributed by atoms with E-state index in [2.05, 4.69) is 4.98 Å². The number of pyridine rings is 1. The number of benzene rings is 1. The molecule has 2 amide bonds. The van der Waals surface area contributed by atoms with E-state index in [9.17, 15) is 19.5 Å². The number of ether oxygens (including phenoxy) is 1. The molecule has 0 bridgehead atoms. The number of amides is 2. The van der Waals surface area contributed by atoms with Crippen molar-refractivity contribution < 1.29 is 28.6 Å². The number of esters is 1. The average Bonchev–Trinajstić information content (AvgIpc) is 3.14. The Morgan fingerprint density at radius 2 is 1.85 bits per heavy atom. The molecule has 1 aromatic carbocycles. The Kier molecular flexibility index (Phi) is 3.88. The molecule has 0 atom stereocenters. The number of furan rings is 1. The minimum absolute atomic E-state index is 0.0172. The van der Waals surface area contributed by atoms with Crippen LogP contribution >= 0.6 is 0 Å². The fraction of sp³-hybridized carbons (Fsp3) is 0.158. The number of nitrogens with zero attached hydrogens (tertiary/aromatic N) is 2. The molecule has 3 heterocycles. The molecule has 2 aromatic heterocycles. The van der Waals surface area contributed by atoms with E-state index in [4.69, 9.17) is 9.15 Å². The van der Waals surface area contributed by atoms with Crippen LogP contribution in [-0.2, 0) is 14.4 Å². The van der Waals surface area contributed by atoms with Gasteiger partial charge in [-0.05, 0) is 12.1 Å². The lowest BCUT2D eigenvalue weighted by atomic mass is 10.2. The molecule has 0 aliphatic carbocycles. The van der Waals surface area contributed by atoms with Crippen molar-refractivity contribution in [1.29, 1.82) is 0 Å². The summed E-state index contributed by atoms with van der Waals surface area (Å²) in [6, 6.07) is 10.8. The Balaban J connectivity index is 1.89. The smallest absolute Gasteiger partial charge is 0.308 e. The van der Waals surface area contributed by atoms with Gasteiger partial charge >= 0.3 is 5.97 Å². The zero-order valence-electron chi connectivity index (χ0n) is 14.3. The molecule has 136 valence electrons. The molecule has 8 heteroatoms. The second-order valence-electron chi connectivity index (χ2n) is 6.02. The summed E-state index contributed by atoms with van der Waals surface area (Å²) in [7, 11) is 0. The second kappa shape index (κ2) is 6.24. The molecule has 1 aliphatic heterocycles. The summed E-state index contributed by atoms with van der Waals surface area (Å²) in [6.45, 7) is 1.14. The monoisotopic (exact) mass is 366 g/mol. The molecule has 0 unspecified atom stereocenters. The first-order chi connectivity index (χ1) is 13.0. The molecule has 1 N–H and O–H groups in total. The molecule has 8 nitrogen and oxygen atoms in total. The van der Waals surface area contributed by atoms with Crippen molar-refractivity contribution in [3.63, 3.8) is 0 Å². The summed E-state index contributed by atoms with van der Waals surface area (Å²) >= 11 is 0. The Bertz CT molecular complexity index is 1080. The van der Waals surface area contributed by atoms with Crippen LogP contribution in [0.4, 0.5) is 5.88 Å². The summed E-state index contributed by atoms with van der Waals surface area (Å²) in [4.78, 5) is 40.8. The van der Waals surface area contributed by atoms with Crippen LogP contribution in [0.5, 0.6) is 11.5 Å². The van der Waals surface area contributed by atoms with Crippen LogP contribution in [0.2, 0.25) is 0 Å². The summed E-state index contributed by atoms with van der Waals surface area (Å²) < 4.78 is 10.6. The lowest BCUT2D eigenvalue weighted by Crippen LogP contribution is -2.28. The van der Waals surface area contributed by atoms with Gasteiger partial charge in [-0.1, -0.05) is 24.3 Å². The number of imide groups is 1. The number of aromatic hydroxyl groups is 1. The van der Waals surface area contributed by atoms with E-state index in [0.29, 0.717) is 5.52 Å². The zero-order chi connectivity index (χ0) is 19.1. The third-order valence-electron chi connectivity index (χ3n) is 4.15. The number of fused-ring (bicyclic) bond motifs is 1. The van der Waals surface area contributed by atoms with Crippen LogP contribution in [0.3, 0.4) is 0 Å². The minimum atomic E-state index is -0.732. The lowest BCUT2D eigenvalue weighted by molar-refractivity contribution is -0.132. The third-order valence-corrected chi connectivity index (χ3v) is 4.15. The standard InChI is InChI=1S/C19H14N2O6/c1-10(22)26-18-16(25)17(27-19(18)21-14(23)8-9-15(21)24)13-7-6-11-4-2-3-5-12(11)20-13/h2-7,25H,8-9H2,1H3. The molecule has 27 heavy (non-hydrogen) atoms. The maximum atomic E-state index is 12.1. The van der Waals surface area contributed by atoms with E-state index in [1.807, 2.05) is 18.2 Å². The van der Waals surface area contributed by atoms with Gasteiger partial charge in [-0.2, -0.15) is 0 Å². The molecule has 1 aliphatic rings. The predicted molar refractivity (Wildman–Crippen MR) is 94.1 cm³/mol. The number of hydrogen-bond donors (Lipinski definition) is 1. The molecule has 4 rings (SSSR count). The highest BCUT2D eigenvalue weighted by Gasteiger charge is 2.38. The Morgan fingerprint density at radius 1 is 1.15 bits per heavy atom. The largest absolute Gasteiger partial charge is 0.501 e. The van der Waals surface area contributed by atoms with Crippen molar-refractivity contribution in [1.82, 2.24) is 4.98 Å². The molecule has 0 radical (unpaired) electrons. The fourth-order valence-corrected chi connectivity index (χ4v) is 2.95. The molecular formula is C19H14N2O6. The van der Waals surface area contributed by atoms with Gasteiger partial charge in [0.15, 0.2) is 0 Å². The van der Waals surface area contributed by atoms with E-state index < -0.39 is 23.5 Å². The van der Waals surface area contributed by atoms with Crippen LogP contribution < -0.4 is 9.64 Å². The van der Waals surface area contributed by atoms with Crippen LogP contribution in [0.25, 0.3) is 22.4 Å². The van der Waals surface area contributed by atoms with E-state index in [1.54, 1.807) is 18.2 Å². The lowest BCUT2D eigenvalue weighted by Gasteiger charge is -2.11. The number of hydrogen-bond acceptors (Lipinski definition) is 7. The molecule has 1 fully saturated rings. The van der Waals surface area contributed by atoms with Gasteiger partial charge in [0.25, 0.3) is 5.88 Å². The van der Waals surface area contributed by atoms with Gasteiger partial charge in [0, 0.05) is 25.2 Å². The minimum Gasteiger partial charge on any atom is -0.501 e. The van der Waals surface area contributed by atoms with E-state index in [-0.39, 0.29) is 35.9 Å². The number of aromatic nitrogens is 1. The van der Waals surface area contributed by atoms with Crippen molar-refractivity contribution in [2.75, 3.05) is 4.90 Å². The number of anilines is 1. The summed E-state index contributed by atoms with van der Waals surface area (Å²) in [5, 5.41) is 11.4. The first-order valence-electron chi connectivity index (χ1n) is 8.22. The van der Waals surface area contributed by atoms with E-state index in [1.165, 1.54) is 0 Å². The molecule has 0 spiro atoms. The summed E-state index contributed by atoms with van der Waals surface area (Å²) in [5.74, 6) is -3.03. The highest BCUT2D eigenvalue weighted by Crippen LogP contribution is 2.48. The van der Waals surface area contributed by atoms with Crippen molar-refractivity contribution in [3.05, 3.63) is 36.4 Å². The maximum Gasteiger partial charge on any atom is 0.308 e. The Labute approximate surface area is 153 Å². The maximum absolute atomic E-state index is 12.1. The highest BCUT2D eigenvalue weighted by molar-refractivity contribution is 6.20. The molecular weight excluding hydrogens is 352 g/mol. The van der Waals surface area contributed by atoms with Crippen molar-refractivity contribution in [2.24, 2.45) is 0 Å². The fourth-order valence-electron chi connectivity index (χ4n) is 2.95. The third kappa shape index (κ3) is 2.80. The SMILES string of the molecule is CC(=O)Oc1c(N2C(=O)CCC2=O)oc(-c2ccc3ccccc3n2)c1O. The first-order valence-corrected chi connectivity index (χ1v) is 8.22. The Hall–Kier alpha value is -3.68. The normalized spacial score (nSPS) is 14.2. The van der Waals surface area contributed by atoms with Gasteiger partial charge in [-0.25, -0.2) is 9.88 Å². The van der Waals surface area contributed by atoms with Crippen LogP contribution in [-0.4, -0.2) is 27.9 Å². The number of carbonyl (C=O) groups is 3. The highest BCUT2D eigenvalue weighted by atomic mass is 16.6.